The Labute approximate surface area is 218 Å². The fraction of sp³-hybridized carbons (Fsp3) is 0. The fourth-order valence-corrected chi connectivity index (χ4v) is 5.64. The van der Waals surface area contributed by atoms with Gasteiger partial charge >= 0.3 is 0 Å². The summed E-state index contributed by atoms with van der Waals surface area (Å²) in [5.41, 5.74) is 9.31. The first-order valence-corrected chi connectivity index (χ1v) is 12.6. The highest BCUT2D eigenvalue weighted by molar-refractivity contribution is 6.16. The van der Waals surface area contributed by atoms with Crippen molar-refractivity contribution in [3.8, 4) is 22.3 Å². The molecule has 0 amide bonds. The number of hydrogen-bond donors (Lipinski definition) is 0. The van der Waals surface area contributed by atoms with Gasteiger partial charge in [0, 0.05) is 51.1 Å². The Hall–Kier alpha value is -5.22. The maximum atomic E-state index is 5.04. The van der Waals surface area contributed by atoms with E-state index in [0.29, 0.717) is 0 Å². The van der Waals surface area contributed by atoms with Crippen LogP contribution in [0.1, 0.15) is 0 Å². The van der Waals surface area contributed by atoms with Gasteiger partial charge in [0.25, 0.3) is 0 Å². The number of pyridine rings is 4. The molecule has 0 fully saturated rings. The number of fused-ring (bicyclic) bond motifs is 7. The van der Waals surface area contributed by atoms with Crippen molar-refractivity contribution in [3.05, 3.63) is 122 Å². The number of rotatable bonds is 2. The van der Waals surface area contributed by atoms with Crippen LogP contribution in [0.4, 0.5) is 0 Å². The summed E-state index contributed by atoms with van der Waals surface area (Å²) < 4.78 is 0. The third-order valence-electron chi connectivity index (χ3n) is 7.37. The van der Waals surface area contributed by atoms with Gasteiger partial charge < -0.3 is 0 Å². The first kappa shape index (κ1) is 20.9. The Bertz CT molecular complexity index is 2180. The molecule has 0 N–H and O–H groups in total. The molecule has 4 heteroatoms. The number of benzene rings is 4. The largest absolute Gasteiger partial charge is 0.254 e. The SMILES string of the molecule is c1cnc2c(c1)cc(-c1ccc(-c3c4ccccc4nc4c3ccc3cccnc34)cc1)c1cccnc12. The van der Waals surface area contributed by atoms with E-state index in [-0.39, 0.29) is 0 Å². The maximum Gasteiger partial charge on any atom is 0.0978 e. The van der Waals surface area contributed by atoms with Crippen LogP contribution in [0, 0.1) is 0 Å². The van der Waals surface area contributed by atoms with Crippen LogP contribution < -0.4 is 0 Å². The molecule has 0 saturated heterocycles. The van der Waals surface area contributed by atoms with E-state index in [1.54, 1.807) is 0 Å². The van der Waals surface area contributed by atoms with Crippen molar-refractivity contribution in [2.45, 2.75) is 0 Å². The highest BCUT2D eigenvalue weighted by Gasteiger charge is 2.15. The van der Waals surface area contributed by atoms with Crippen LogP contribution >= 0.6 is 0 Å². The van der Waals surface area contributed by atoms with Gasteiger partial charge in [0.1, 0.15) is 0 Å². The Balaban J connectivity index is 1.37. The standard InChI is InChI=1S/C34H20N4/c1-2-10-29-26(8-1)30(27-16-15-23-6-3-17-35-31(23)34(27)38-29)22-13-11-21(12-14-22)28-20-24-7-4-18-36-32(24)33-25(28)9-5-19-37-33/h1-20H. The molecular weight excluding hydrogens is 464 g/mol. The van der Waals surface area contributed by atoms with Gasteiger partial charge in [-0.05, 0) is 47.0 Å². The number of para-hydroxylation sites is 1. The van der Waals surface area contributed by atoms with E-state index in [9.17, 15) is 0 Å². The summed E-state index contributed by atoms with van der Waals surface area (Å²) in [7, 11) is 0. The quantitative estimate of drug-likeness (QED) is 0.183. The third kappa shape index (κ3) is 3.10. The lowest BCUT2D eigenvalue weighted by Gasteiger charge is -2.14. The topological polar surface area (TPSA) is 51.6 Å². The van der Waals surface area contributed by atoms with E-state index < -0.39 is 0 Å². The zero-order valence-corrected chi connectivity index (χ0v) is 20.3. The van der Waals surface area contributed by atoms with Gasteiger partial charge in [0.15, 0.2) is 0 Å². The first-order chi connectivity index (χ1) is 18.8. The van der Waals surface area contributed by atoms with E-state index in [2.05, 4.69) is 93.8 Å². The van der Waals surface area contributed by atoms with Crippen LogP contribution in [0.25, 0.3) is 76.8 Å². The molecule has 0 aliphatic carbocycles. The minimum Gasteiger partial charge on any atom is -0.254 e. The van der Waals surface area contributed by atoms with E-state index >= 15 is 0 Å². The number of aromatic nitrogens is 4. The van der Waals surface area contributed by atoms with Gasteiger partial charge in [-0.2, -0.15) is 0 Å². The van der Waals surface area contributed by atoms with Gasteiger partial charge in [-0.1, -0.05) is 72.8 Å². The Morgan fingerprint density at radius 2 is 1.08 bits per heavy atom. The molecule has 4 aromatic heterocycles. The predicted octanol–water partition coefficient (Wildman–Crippen LogP) is 8.37. The summed E-state index contributed by atoms with van der Waals surface area (Å²) in [6.07, 6.45) is 5.50. The lowest BCUT2D eigenvalue weighted by atomic mass is 9.92. The summed E-state index contributed by atoms with van der Waals surface area (Å²) in [6, 6.07) is 36.0. The molecule has 0 bridgehead atoms. The van der Waals surface area contributed by atoms with Crippen LogP contribution in [0.5, 0.6) is 0 Å². The average Bonchev–Trinajstić information content (AvgIpc) is 2.99. The van der Waals surface area contributed by atoms with Gasteiger partial charge in [0.05, 0.1) is 27.6 Å². The van der Waals surface area contributed by atoms with Crippen molar-refractivity contribution in [2.75, 3.05) is 0 Å². The zero-order chi connectivity index (χ0) is 25.1. The molecule has 0 atom stereocenters. The Morgan fingerprint density at radius 3 is 1.92 bits per heavy atom. The van der Waals surface area contributed by atoms with E-state index in [1.807, 2.05) is 42.9 Å². The highest BCUT2D eigenvalue weighted by atomic mass is 14.7. The lowest BCUT2D eigenvalue weighted by molar-refractivity contribution is 1.37. The van der Waals surface area contributed by atoms with E-state index in [0.717, 1.165) is 71.2 Å². The van der Waals surface area contributed by atoms with Crippen molar-refractivity contribution in [3.63, 3.8) is 0 Å². The number of hydrogen-bond acceptors (Lipinski definition) is 4. The Morgan fingerprint density at radius 1 is 0.421 bits per heavy atom. The van der Waals surface area contributed by atoms with Crippen molar-refractivity contribution in [1.29, 1.82) is 0 Å². The smallest absolute Gasteiger partial charge is 0.0978 e. The first-order valence-electron chi connectivity index (χ1n) is 12.6. The molecule has 0 radical (unpaired) electrons. The number of nitrogens with zero attached hydrogens (tertiary/aromatic N) is 4. The van der Waals surface area contributed by atoms with Crippen LogP contribution in [-0.2, 0) is 0 Å². The Kier molecular flexibility index (Phi) is 4.49. The fourth-order valence-electron chi connectivity index (χ4n) is 5.64. The minimum absolute atomic E-state index is 0.926. The van der Waals surface area contributed by atoms with Gasteiger partial charge in [0.2, 0.25) is 0 Å². The van der Waals surface area contributed by atoms with Gasteiger partial charge in [-0.25, -0.2) is 4.98 Å². The normalized spacial score (nSPS) is 11.7. The second-order valence-corrected chi connectivity index (χ2v) is 9.52. The summed E-state index contributed by atoms with van der Waals surface area (Å²) in [4.78, 5) is 19.0. The molecule has 4 aromatic carbocycles. The summed E-state index contributed by atoms with van der Waals surface area (Å²) in [5.74, 6) is 0. The molecule has 38 heavy (non-hydrogen) atoms. The van der Waals surface area contributed by atoms with Gasteiger partial charge in [-0.15, -0.1) is 0 Å². The summed E-state index contributed by atoms with van der Waals surface area (Å²) in [5, 5.41) is 5.52. The van der Waals surface area contributed by atoms with E-state index in [4.69, 9.17) is 4.98 Å². The van der Waals surface area contributed by atoms with Crippen molar-refractivity contribution < 1.29 is 0 Å². The molecule has 8 aromatic rings. The molecule has 0 saturated carbocycles. The summed E-state index contributed by atoms with van der Waals surface area (Å²) >= 11 is 0. The lowest BCUT2D eigenvalue weighted by Crippen LogP contribution is -1.92. The van der Waals surface area contributed by atoms with E-state index in [1.165, 1.54) is 5.56 Å². The van der Waals surface area contributed by atoms with Crippen LogP contribution in [0.3, 0.4) is 0 Å². The molecule has 4 nitrogen and oxygen atoms in total. The van der Waals surface area contributed by atoms with Crippen molar-refractivity contribution in [2.24, 2.45) is 0 Å². The monoisotopic (exact) mass is 484 g/mol. The molecular formula is C34H20N4. The van der Waals surface area contributed by atoms with Gasteiger partial charge in [-0.3, -0.25) is 15.0 Å². The van der Waals surface area contributed by atoms with Crippen LogP contribution in [-0.4, -0.2) is 19.9 Å². The molecule has 8 rings (SSSR count). The maximum absolute atomic E-state index is 5.04. The molecule has 0 unspecified atom stereocenters. The van der Waals surface area contributed by atoms with Crippen molar-refractivity contribution >= 4 is 54.5 Å². The van der Waals surface area contributed by atoms with Crippen LogP contribution in [0.2, 0.25) is 0 Å². The third-order valence-corrected chi connectivity index (χ3v) is 7.37. The molecule has 0 aliphatic heterocycles. The van der Waals surface area contributed by atoms with Crippen molar-refractivity contribution in [1.82, 2.24) is 19.9 Å². The molecule has 176 valence electrons. The van der Waals surface area contributed by atoms with Crippen LogP contribution in [0.15, 0.2) is 122 Å². The second-order valence-electron chi connectivity index (χ2n) is 9.52. The summed E-state index contributed by atoms with van der Waals surface area (Å²) in [6.45, 7) is 0. The highest BCUT2D eigenvalue weighted by Crippen LogP contribution is 2.39. The molecule has 0 aliphatic rings. The second kappa shape index (κ2) is 8.15. The predicted molar refractivity (Wildman–Crippen MR) is 156 cm³/mol. The minimum atomic E-state index is 0.926. The molecule has 0 spiro atoms. The average molecular weight is 485 g/mol. The zero-order valence-electron chi connectivity index (χ0n) is 20.3. The molecule has 4 heterocycles.